The summed E-state index contributed by atoms with van der Waals surface area (Å²) < 4.78 is 15.1. The second kappa shape index (κ2) is 10.0. The van der Waals surface area contributed by atoms with Gasteiger partial charge >= 0.3 is 0 Å². The normalized spacial score (nSPS) is 10.8. The van der Waals surface area contributed by atoms with E-state index in [1.54, 1.807) is 19.2 Å². The molecule has 0 fully saturated rings. The van der Waals surface area contributed by atoms with Crippen LogP contribution in [-0.4, -0.2) is 42.0 Å². The second-order valence-corrected chi connectivity index (χ2v) is 5.43. The fourth-order valence-electron chi connectivity index (χ4n) is 2.29. The van der Waals surface area contributed by atoms with Gasteiger partial charge in [-0.25, -0.2) is 4.39 Å². The van der Waals surface area contributed by atoms with E-state index in [2.05, 4.69) is 15.6 Å². The molecule has 25 heavy (non-hydrogen) atoms. The summed E-state index contributed by atoms with van der Waals surface area (Å²) >= 11 is 0. The molecule has 136 valence electrons. The number of nitrogens with zero attached hydrogens (tertiary/aromatic N) is 3. The first-order chi connectivity index (χ1) is 11.5. The summed E-state index contributed by atoms with van der Waals surface area (Å²) in [4.78, 5) is 18.1. The molecule has 2 aromatic rings. The SMILES string of the molecule is CN=C(NCC(=O)Nc1cccc(F)c1)N(C)Cc1cccn1C.I. The fraction of sp³-hybridized carbons (Fsp3) is 0.294. The van der Waals surface area contributed by atoms with E-state index in [-0.39, 0.29) is 42.2 Å². The number of aliphatic imine (C=N–C) groups is 1. The number of anilines is 1. The Balaban J connectivity index is 0.00000312. The highest BCUT2D eigenvalue weighted by molar-refractivity contribution is 14.0. The number of aryl methyl sites for hydroxylation is 1. The number of nitrogens with one attached hydrogen (secondary N) is 2. The van der Waals surface area contributed by atoms with Gasteiger partial charge in [0.2, 0.25) is 5.91 Å². The van der Waals surface area contributed by atoms with Gasteiger partial charge in [-0.15, -0.1) is 24.0 Å². The van der Waals surface area contributed by atoms with E-state index in [0.717, 1.165) is 5.69 Å². The average Bonchev–Trinajstić information content (AvgIpc) is 2.93. The van der Waals surface area contributed by atoms with E-state index in [9.17, 15) is 9.18 Å². The molecule has 0 bridgehead atoms. The highest BCUT2D eigenvalue weighted by Gasteiger charge is 2.10. The van der Waals surface area contributed by atoms with Crippen molar-refractivity contribution in [2.45, 2.75) is 6.54 Å². The molecule has 6 nitrogen and oxygen atoms in total. The van der Waals surface area contributed by atoms with E-state index in [1.807, 2.05) is 41.9 Å². The van der Waals surface area contributed by atoms with Crippen molar-refractivity contribution in [3.8, 4) is 0 Å². The maximum atomic E-state index is 13.1. The van der Waals surface area contributed by atoms with Crippen LogP contribution in [0.15, 0.2) is 47.6 Å². The van der Waals surface area contributed by atoms with E-state index in [0.29, 0.717) is 18.2 Å². The van der Waals surface area contributed by atoms with Crippen LogP contribution in [0.1, 0.15) is 5.69 Å². The molecule has 8 heteroatoms. The maximum Gasteiger partial charge on any atom is 0.243 e. The van der Waals surface area contributed by atoms with Crippen molar-refractivity contribution in [1.29, 1.82) is 0 Å². The Kier molecular flexibility index (Phi) is 8.39. The average molecular weight is 459 g/mol. The first-order valence-corrected chi connectivity index (χ1v) is 7.57. The van der Waals surface area contributed by atoms with Crippen LogP contribution >= 0.6 is 24.0 Å². The fourth-order valence-corrected chi connectivity index (χ4v) is 2.29. The number of amides is 1. The summed E-state index contributed by atoms with van der Waals surface area (Å²) in [5.41, 5.74) is 1.55. The van der Waals surface area contributed by atoms with Crippen molar-refractivity contribution >= 4 is 41.5 Å². The third-order valence-electron chi connectivity index (χ3n) is 3.54. The molecule has 0 aliphatic rings. The predicted octanol–water partition coefficient (Wildman–Crippen LogP) is 2.43. The molecule has 0 aliphatic carbocycles. The lowest BCUT2D eigenvalue weighted by atomic mass is 10.3. The van der Waals surface area contributed by atoms with Crippen LogP contribution < -0.4 is 10.6 Å². The van der Waals surface area contributed by atoms with Crippen molar-refractivity contribution in [1.82, 2.24) is 14.8 Å². The number of carbonyl (C=O) groups is 1. The lowest BCUT2D eigenvalue weighted by Gasteiger charge is -2.22. The van der Waals surface area contributed by atoms with Crippen LogP contribution in [0.3, 0.4) is 0 Å². The van der Waals surface area contributed by atoms with Crippen LogP contribution in [-0.2, 0) is 18.4 Å². The molecule has 1 aromatic carbocycles. The highest BCUT2D eigenvalue weighted by atomic mass is 127. The number of hydrogen-bond donors (Lipinski definition) is 2. The Labute approximate surface area is 164 Å². The minimum atomic E-state index is -0.390. The van der Waals surface area contributed by atoms with Crippen LogP contribution in [0.4, 0.5) is 10.1 Å². The summed E-state index contributed by atoms with van der Waals surface area (Å²) in [6, 6.07) is 9.79. The third kappa shape index (κ3) is 6.37. The van der Waals surface area contributed by atoms with Crippen LogP contribution in [0.25, 0.3) is 0 Å². The van der Waals surface area contributed by atoms with Crippen molar-refractivity contribution < 1.29 is 9.18 Å². The Bertz CT molecular complexity index is 731. The van der Waals surface area contributed by atoms with E-state index < -0.39 is 0 Å². The molecule has 2 rings (SSSR count). The number of benzene rings is 1. The molecule has 2 N–H and O–H groups in total. The summed E-state index contributed by atoms with van der Waals surface area (Å²) in [7, 11) is 5.53. The first-order valence-electron chi connectivity index (χ1n) is 7.57. The molecule has 0 unspecified atom stereocenters. The largest absolute Gasteiger partial charge is 0.353 e. The maximum absolute atomic E-state index is 13.1. The van der Waals surface area contributed by atoms with Crippen molar-refractivity contribution in [2.24, 2.45) is 12.0 Å². The summed E-state index contributed by atoms with van der Waals surface area (Å²) in [5, 5.41) is 5.63. The molecule has 1 amide bonds. The van der Waals surface area contributed by atoms with Gasteiger partial charge in [-0.05, 0) is 30.3 Å². The molecule has 1 heterocycles. The first kappa shape index (κ1) is 20.9. The lowest BCUT2D eigenvalue weighted by molar-refractivity contribution is -0.115. The number of guanidine groups is 1. The summed E-state index contributed by atoms with van der Waals surface area (Å²) in [5.74, 6) is -0.0570. The van der Waals surface area contributed by atoms with Gasteiger partial charge in [0.1, 0.15) is 5.82 Å². The minimum Gasteiger partial charge on any atom is -0.353 e. The van der Waals surface area contributed by atoms with E-state index >= 15 is 0 Å². The predicted molar refractivity (Wildman–Crippen MR) is 109 cm³/mol. The molecule has 0 radical (unpaired) electrons. The molecule has 0 aliphatic heterocycles. The van der Waals surface area contributed by atoms with Gasteiger partial charge in [-0.1, -0.05) is 6.07 Å². The van der Waals surface area contributed by atoms with Crippen LogP contribution in [0.5, 0.6) is 0 Å². The number of carbonyl (C=O) groups excluding carboxylic acids is 1. The zero-order valence-electron chi connectivity index (χ0n) is 14.5. The van der Waals surface area contributed by atoms with Crippen molar-refractivity contribution in [2.75, 3.05) is 26.0 Å². The quantitative estimate of drug-likeness (QED) is 0.410. The van der Waals surface area contributed by atoms with Gasteiger partial charge in [-0.2, -0.15) is 0 Å². The number of halogens is 2. The van der Waals surface area contributed by atoms with Gasteiger partial charge in [-0.3, -0.25) is 9.79 Å². The molecule has 0 saturated carbocycles. The molecule has 0 spiro atoms. The number of hydrogen-bond acceptors (Lipinski definition) is 2. The standard InChI is InChI=1S/C17H22FN5O.HI/c1-19-17(23(3)12-15-8-5-9-22(15)2)20-11-16(24)21-14-7-4-6-13(18)10-14;/h4-10H,11-12H2,1-3H3,(H,19,20)(H,21,24);1H. The number of aromatic nitrogens is 1. The minimum absolute atomic E-state index is 0. The van der Waals surface area contributed by atoms with Crippen molar-refractivity contribution in [3.63, 3.8) is 0 Å². The van der Waals surface area contributed by atoms with Gasteiger partial charge in [0, 0.05) is 38.7 Å². The molecule has 0 saturated heterocycles. The third-order valence-corrected chi connectivity index (χ3v) is 3.54. The van der Waals surface area contributed by atoms with E-state index in [1.165, 1.54) is 12.1 Å². The summed E-state index contributed by atoms with van der Waals surface area (Å²) in [6.45, 7) is 0.704. The van der Waals surface area contributed by atoms with Gasteiger partial charge in [0.15, 0.2) is 5.96 Å². The highest BCUT2D eigenvalue weighted by Crippen LogP contribution is 2.08. The van der Waals surface area contributed by atoms with Gasteiger partial charge in [0.05, 0.1) is 13.1 Å². The Hall–Kier alpha value is -2.10. The second-order valence-electron chi connectivity index (χ2n) is 5.43. The van der Waals surface area contributed by atoms with Crippen LogP contribution in [0.2, 0.25) is 0 Å². The Morgan fingerprint density at radius 3 is 2.68 bits per heavy atom. The molecular weight excluding hydrogens is 436 g/mol. The van der Waals surface area contributed by atoms with Crippen molar-refractivity contribution in [3.05, 3.63) is 54.1 Å². The summed E-state index contributed by atoms with van der Waals surface area (Å²) in [6.07, 6.45) is 1.98. The zero-order chi connectivity index (χ0) is 17.5. The smallest absolute Gasteiger partial charge is 0.243 e. The molecular formula is C17H23FIN5O. The topological polar surface area (TPSA) is 61.7 Å². The Morgan fingerprint density at radius 1 is 1.32 bits per heavy atom. The van der Waals surface area contributed by atoms with Gasteiger partial charge < -0.3 is 20.1 Å². The monoisotopic (exact) mass is 459 g/mol. The Morgan fingerprint density at radius 2 is 2.08 bits per heavy atom. The molecule has 0 atom stereocenters. The van der Waals surface area contributed by atoms with E-state index in [4.69, 9.17) is 0 Å². The van der Waals surface area contributed by atoms with Crippen LogP contribution in [0, 0.1) is 5.82 Å². The molecule has 1 aromatic heterocycles. The lowest BCUT2D eigenvalue weighted by Crippen LogP contribution is -2.42. The zero-order valence-corrected chi connectivity index (χ0v) is 16.8. The number of rotatable bonds is 5. The van der Waals surface area contributed by atoms with Gasteiger partial charge in [0.25, 0.3) is 0 Å².